The van der Waals surface area contributed by atoms with Crippen molar-refractivity contribution in [1.82, 2.24) is 24.9 Å². The molecule has 0 amide bonds. The smallest absolute Gasteiger partial charge is 0.200 e. The van der Waals surface area contributed by atoms with Crippen molar-refractivity contribution in [1.29, 1.82) is 0 Å². The Labute approximate surface area is 133 Å². The van der Waals surface area contributed by atoms with Crippen molar-refractivity contribution >= 4 is 16.7 Å². The third-order valence-electron chi connectivity index (χ3n) is 3.15. The first-order chi connectivity index (χ1) is 11.3. The van der Waals surface area contributed by atoms with Gasteiger partial charge in [-0.3, -0.25) is 0 Å². The van der Waals surface area contributed by atoms with Gasteiger partial charge in [0.2, 0.25) is 5.82 Å². The van der Waals surface area contributed by atoms with Gasteiger partial charge in [-0.1, -0.05) is 5.92 Å². The van der Waals surface area contributed by atoms with E-state index in [1.165, 1.54) is 12.7 Å². The molecular weight excluding hydrogens is 292 g/mol. The van der Waals surface area contributed by atoms with Crippen LogP contribution in [-0.2, 0) is 4.74 Å². The predicted molar refractivity (Wildman–Crippen MR) is 86.7 cm³/mol. The molecule has 1 N–H and O–H groups in total. The molecule has 0 aliphatic carbocycles. The molecule has 0 fully saturated rings. The number of nitrogens with one attached hydrogen (secondary N) is 1. The van der Waals surface area contributed by atoms with Gasteiger partial charge in [-0.2, -0.15) is 0 Å². The van der Waals surface area contributed by atoms with Crippen molar-refractivity contribution in [3.8, 4) is 24.0 Å². The number of terminal acetylenes is 1. The molecule has 23 heavy (non-hydrogen) atoms. The molecule has 3 aromatic rings. The lowest BCUT2D eigenvalue weighted by Gasteiger charge is -2.10. The van der Waals surface area contributed by atoms with Crippen molar-refractivity contribution in [2.24, 2.45) is 0 Å². The molecule has 0 aliphatic heterocycles. The Balaban J connectivity index is 2.12. The maximum absolute atomic E-state index is 5.48. The summed E-state index contributed by atoms with van der Waals surface area (Å²) in [5.74, 6) is 4.12. The fraction of sp³-hybridized carbons (Fsp3) is 0.188. The number of ether oxygens (including phenoxy) is 1. The molecule has 0 radical (unpaired) electrons. The van der Waals surface area contributed by atoms with Gasteiger partial charge >= 0.3 is 0 Å². The van der Waals surface area contributed by atoms with E-state index in [4.69, 9.17) is 11.2 Å². The largest absolute Gasteiger partial charge is 0.383 e. The van der Waals surface area contributed by atoms with E-state index >= 15 is 0 Å². The van der Waals surface area contributed by atoms with Crippen LogP contribution in [0.5, 0.6) is 0 Å². The van der Waals surface area contributed by atoms with E-state index < -0.39 is 0 Å². The standard InChI is InChI=1S/C16H14N6O/c1-3-11-4-5-13-12(8-11)14(18-6-7-23-2)22-16(21-13)15-19-9-17-10-20-15/h1,4-5,8-10H,6-7H2,2H3,(H,18,21,22). The first-order valence-electron chi connectivity index (χ1n) is 6.95. The summed E-state index contributed by atoms with van der Waals surface area (Å²) in [6, 6.07) is 5.57. The highest BCUT2D eigenvalue weighted by molar-refractivity contribution is 5.91. The highest BCUT2D eigenvalue weighted by atomic mass is 16.5. The molecule has 2 aromatic heterocycles. The average molecular weight is 306 g/mol. The molecule has 0 unspecified atom stereocenters. The van der Waals surface area contributed by atoms with Crippen LogP contribution in [0.3, 0.4) is 0 Å². The lowest BCUT2D eigenvalue weighted by atomic mass is 10.1. The normalized spacial score (nSPS) is 10.4. The second-order valence-corrected chi connectivity index (χ2v) is 4.65. The molecule has 0 aliphatic rings. The maximum atomic E-state index is 5.48. The summed E-state index contributed by atoms with van der Waals surface area (Å²) in [6.45, 7) is 1.17. The highest BCUT2D eigenvalue weighted by Crippen LogP contribution is 2.24. The van der Waals surface area contributed by atoms with Crippen LogP contribution in [0.2, 0.25) is 0 Å². The van der Waals surface area contributed by atoms with E-state index in [2.05, 4.69) is 36.2 Å². The number of fused-ring (bicyclic) bond motifs is 1. The second-order valence-electron chi connectivity index (χ2n) is 4.65. The SMILES string of the molecule is C#Cc1ccc2nc(-c3ncncn3)nc(NCCOC)c2c1. The monoisotopic (exact) mass is 306 g/mol. The van der Waals surface area contributed by atoms with Gasteiger partial charge in [-0.15, -0.1) is 6.42 Å². The summed E-state index contributed by atoms with van der Waals surface area (Å²) >= 11 is 0. The van der Waals surface area contributed by atoms with Gasteiger partial charge in [-0.05, 0) is 18.2 Å². The average Bonchev–Trinajstić information content (AvgIpc) is 2.62. The van der Waals surface area contributed by atoms with Gasteiger partial charge < -0.3 is 10.1 Å². The van der Waals surface area contributed by atoms with E-state index in [9.17, 15) is 0 Å². The number of aromatic nitrogens is 5. The Kier molecular flexibility index (Phi) is 4.36. The first kappa shape index (κ1) is 14.8. The Morgan fingerprint density at radius 3 is 2.74 bits per heavy atom. The van der Waals surface area contributed by atoms with Crippen LogP contribution in [-0.4, -0.2) is 45.2 Å². The lowest BCUT2D eigenvalue weighted by molar-refractivity contribution is 0.210. The van der Waals surface area contributed by atoms with Gasteiger partial charge in [0.05, 0.1) is 12.1 Å². The van der Waals surface area contributed by atoms with Gasteiger partial charge in [0, 0.05) is 24.6 Å². The minimum Gasteiger partial charge on any atom is -0.383 e. The Morgan fingerprint density at radius 2 is 2.00 bits per heavy atom. The summed E-state index contributed by atoms with van der Waals surface area (Å²) in [7, 11) is 1.65. The molecule has 3 rings (SSSR count). The van der Waals surface area contributed by atoms with Crippen LogP contribution in [0.1, 0.15) is 5.56 Å². The minimum atomic E-state index is 0.415. The predicted octanol–water partition coefficient (Wildman–Crippen LogP) is 1.52. The van der Waals surface area contributed by atoms with Crippen molar-refractivity contribution in [3.05, 3.63) is 36.4 Å². The molecule has 0 bridgehead atoms. The molecule has 7 heteroatoms. The quantitative estimate of drug-likeness (QED) is 0.565. The number of hydrogen-bond donors (Lipinski definition) is 1. The number of anilines is 1. The van der Waals surface area contributed by atoms with E-state index in [1.807, 2.05) is 18.2 Å². The number of methoxy groups -OCH3 is 1. The fourth-order valence-electron chi connectivity index (χ4n) is 2.08. The Hall–Kier alpha value is -3.11. The molecule has 7 nitrogen and oxygen atoms in total. The number of rotatable bonds is 5. The molecule has 0 atom stereocenters. The van der Waals surface area contributed by atoms with Crippen LogP contribution in [0, 0.1) is 12.3 Å². The lowest BCUT2D eigenvalue weighted by Crippen LogP contribution is -2.10. The molecule has 0 spiro atoms. The van der Waals surface area contributed by atoms with E-state index in [0.717, 1.165) is 16.5 Å². The summed E-state index contributed by atoms with van der Waals surface area (Å²) < 4.78 is 5.06. The Bertz CT molecular complexity index is 860. The van der Waals surface area contributed by atoms with Crippen molar-refractivity contribution < 1.29 is 4.74 Å². The Morgan fingerprint density at radius 1 is 1.17 bits per heavy atom. The molecule has 0 saturated heterocycles. The molecular formula is C16H14N6O. The zero-order chi connectivity index (χ0) is 16.1. The van der Waals surface area contributed by atoms with Crippen LogP contribution in [0.15, 0.2) is 30.9 Å². The van der Waals surface area contributed by atoms with E-state index in [-0.39, 0.29) is 0 Å². The molecule has 1 aromatic carbocycles. The molecule has 114 valence electrons. The molecule has 2 heterocycles. The molecule has 0 saturated carbocycles. The number of hydrogen-bond acceptors (Lipinski definition) is 7. The van der Waals surface area contributed by atoms with Crippen molar-refractivity contribution in [2.45, 2.75) is 0 Å². The van der Waals surface area contributed by atoms with Crippen LogP contribution in [0.4, 0.5) is 5.82 Å². The van der Waals surface area contributed by atoms with E-state index in [0.29, 0.717) is 30.6 Å². The summed E-state index contributed by atoms with van der Waals surface area (Å²) in [4.78, 5) is 21.0. The van der Waals surface area contributed by atoms with Gasteiger partial charge in [-0.25, -0.2) is 24.9 Å². The van der Waals surface area contributed by atoms with Crippen LogP contribution < -0.4 is 5.32 Å². The minimum absolute atomic E-state index is 0.415. The third kappa shape index (κ3) is 3.22. The number of benzene rings is 1. The summed E-state index contributed by atoms with van der Waals surface area (Å²) in [6.07, 6.45) is 8.30. The van der Waals surface area contributed by atoms with Crippen molar-refractivity contribution in [2.75, 3.05) is 25.6 Å². The number of nitrogens with zero attached hydrogens (tertiary/aromatic N) is 5. The zero-order valence-electron chi connectivity index (χ0n) is 12.5. The van der Waals surface area contributed by atoms with Gasteiger partial charge in [0.1, 0.15) is 18.5 Å². The van der Waals surface area contributed by atoms with Gasteiger partial charge in [0.15, 0.2) is 5.82 Å². The zero-order valence-corrected chi connectivity index (χ0v) is 12.5. The van der Waals surface area contributed by atoms with Crippen LogP contribution >= 0.6 is 0 Å². The second kappa shape index (κ2) is 6.77. The highest BCUT2D eigenvalue weighted by Gasteiger charge is 2.11. The fourth-order valence-corrected chi connectivity index (χ4v) is 2.08. The first-order valence-corrected chi connectivity index (χ1v) is 6.95. The van der Waals surface area contributed by atoms with Crippen LogP contribution in [0.25, 0.3) is 22.6 Å². The summed E-state index contributed by atoms with van der Waals surface area (Å²) in [5, 5.41) is 4.08. The summed E-state index contributed by atoms with van der Waals surface area (Å²) in [5.41, 5.74) is 1.53. The van der Waals surface area contributed by atoms with Gasteiger partial charge in [0.25, 0.3) is 0 Å². The van der Waals surface area contributed by atoms with E-state index in [1.54, 1.807) is 7.11 Å². The topological polar surface area (TPSA) is 85.7 Å². The van der Waals surface area contributed by atoms with Crippen molar-refractivity contribution in [3.63, 3.8) is 0 Å². The maximum Gasteiger partial charge on any atom is 0.200 e. The third-order valence-corrected chi connectivity index (χ3v) is 3.15.